The molecule has 1 saturated heterocycles. The lowest BCUT2D eigenvalue weighted by atomic mass is 10.0. The molecular formula is C25H33N5O4. The second-order valence-corrected chi connectivity index (χ2v) is 8.86. The first-order chi connectivity index (χ1) is 16.4. The number of hydrogen-bond donors (Lipinski definition) is 2. The summed E-state index contributed by atoms with van der Waals surface area (Å²) in [6, 6.07) is 13.4. The highest BCUT2D eigenvalue weighted by Gasteiger charge is 2.26. The Morgan fingerprint density at radius 2 is 1.62 bits per heavy atom. The molecule has 0 bridgehead atoms. The second kappa shape index (κ2) is 10.8. The smallest absolute Gasteiger partial charge is 0.313 e. The third kappa shape index (κ3) is 5.78. The Morgan fingerprint density at radius 1 is 0.941 bits per heavy atom. The van der Waals surface area contributed by atoms with Crippen LogP contribution in [0.1, 0.15) is 11.6 Å². The molecule has 34 heavy (non-hydrogen) atoms. The minimum Gasteiger partial charge on any atom is -0.486 e. The first-order valence-corrected chi connectivity index (χ1v) is 11.6. The first kappa shape index (κ1) is 23.8. The molecule has 0 spiro atoms. The number of carbonyl (C=O) groups excluding carboxylic acids is 2. The van der Waals surface area contributed by atoms with E-state index in [1.807, 2.05) is 14.1 Å². The zero-order valence-corrected chi connectivity index (χ0v) is 20.0. The van der Waals surface area contributed by atoms with Gasteiger partial charge in [-0.15, -0.1) is 0 Å². The number of nitrogens with one attached hydrogen (secondary N) is 2. The van der Waals surface area contributed by atoms with E-state index in [0.717, 1.165) is 37.4 Å². The molecule has 182 valence electrons. The molecule has 4 rings (SSSR count). The lowest BCUT2D eigenvalue weighted by molar-refractivity contribution is -0.136. The largest absolute Gasteiger partial charge is 0.486 e. The Bertz CT molecular complexity index is 1000. The highest BCUT2D eigenvalue weighted by molar-refractivity contribution is 6.39. The van der Waals surface area contributed by atoms with Crippen LogP contribution in [-0.2, 0) is 9.59 Å². The summed E-state index contributed by atoms with van der Waals surface area (Å²) in [6.07, 6.45) is 0. The summed E-state index contributed by atoms with van der Waals surface area (Å²) in [5.41, 5.74) is 2.71. The van der Waals surface area contributed by atoms with Crippen LogP contribution in [0.15, 0.2) is 42.5 Å². The summed E-state index contributed by atoms with van der Waals surface area (Å²) >= 11 is 0. The monoisotopic (exact) mass is 467 g/mol. The molecule has 0 saturated carbocycles. The van der Waals surface area contributed by atoms with Gasteiger partial charge in [0.25, 0.3) is 0 Å². The summed E-state index contributed by atoms with van der Waals surface area (Å²) in [6.45, 7) is 5.02. The van der Waals surface area contributed by atoms with E-state index in [1.54, 1.807) is 18.2 Å². The quantitative estimate of drug-likeness (QED) is 0.624. The van der Waals surface area contributed by atoms with Crippen molar-refractivity contribution in [2.45, 2.75) is 6.04 Å². The third-order valence-corrected chi connectivity index (χ3v) is 6.24. The number of rotatable bonds is 6. The Balaban J connectivity index is 1.40. The van der Waals surface area contributed by atoms with Crippen molar-refractivity contribution in [1.29, 1.82) is 0 Å². The van der Waals surface area contributed by atoms with Crippen LogP contribution in [0.3, 0.4) is 0 Å². The van der Waals surface area contributed by atoms with Crippen molar-refractivity contribution in [2.24, 2.45) is 0 Å². The minimum absolute atomic E-state index is 0.0176. The van der Waals surface area contributed by atoms with Gasteiger partial charge in [-0.25, -0.2) is 0 Å². The zero-order chi connectivity index (χ0) is 24.1. The average Bonchev–Trinajstić information content (AvgIpc) is 2.85. The van der Waals surface area contributed by atoms with E-state index in [4.69, 9.17) is 9.47 Å². The standard InChI is InChI=1S/C25H33N5O4/c1-28(2)20-7-4-18(5-8-20)21(30-12-10-29(3)11-13-30)17-26-24(31)25(32)27-19-6-9-22-23(16-19)34-15-14-33-22/h4-9,16,21H,10-15,17H2,1-3H3,(H,26,31)(H,27,32)/t21-/m1/s1. The molecule has 0 unspecified atom stereocenters. The Hall–Kier alpha value is -3.30. The normalized spacial score (nSPS) is 17.0. The van der Waals surface area contributed by atoms with Crippen molar-refractivity contribution < 1.29 is 19.1 Å². The molecule has 0 radical (unpaired) electrons. The third-order valence-electron chi connectivity index (χ3n) is 6.24. The van der Waals surface area contributed by atoms with Gasteiger partial charge < -0.3 is 29.9 Å². The van der Waals surface area contributed by atoms with Gasteiger partial charge in [0.05, 0.1) is 6.04 Å². The minimum atomic E-state index is -0.711. The number of hydrogen-bond acceptors (Lipinski definition) is 7. The summed E-state index contributed by atoms with van der Waals surface area (Å²) in [4.78, 5) is 31.9. The number of fused-ring (bicyclic) bond motifs is 1. The van der Waals surface area contributed by atoms with Gasteiger partial charge in [-0.2, -0.15) is 0 Å². The first-order valence-electron chi connectivity index (χ1n) is 11.6. The number of benzene rings is 2. The maximum absolute atomic E-state index is 12.6. The maximum Gasteiger partial charge on any atom is 0.313 e. The number of nitrogens with zero attached hydrogens (tertiary/aromatic N) is 3. The molecule has 9 heteroatoms. The van der Waals surface area contributed by atoms with Crippen LogP contribution in [0, 0.1) is 0 Å². The maximum atomic E-state index is 12.6. The number of piperazine rings is 1. The topological polar surface area (TPSA) is 86.4 Å². The van der Waals surface area contributed by atoms with Crippen LogP contribution < -0.4 is 25.0 Å². The summed E-state index contributed by atoms with van der Waals surface area (Å²) in [7, 11) is 6.13. The van der Waals surface area contributed by atoms with Gasteiger partial charge in [-0.05, 0) is 36.9 Å². The van der Waals surface area contributed by atoms with Crippen molar-refractivity contribution >= 4 is 23.2 Å². The predicted molar refractivity (Wildman–Crippen MR) is 132 cm³/mol. The van der Waals surface area contributed by atoms with Crippen molar-refractivity contribution in [3.8, 4) is 11.5 Å². The Kier molecular flexibility index (Phi) is 7.54. The van der Waals surface area contributed by atoms with Crippen LogP contribution >= 0.6 is 0 Å². The molecule has 2 aliphatic heterocycles. The Morgan fingerprint density at radius 3 is 2.29 bits per heavy atom. The molecule has 2 heterocycles. The molecule has 1 atom stereocenters. The highest BCUT2D eigenvalue weighted by atomic mass is 16.6. The fourth-order valence-electron chi connectivity index (χ4n) is 4.16. The van der Waals surface area contributed by atoms with E-state index in [2.05, 4.69) is 56.6 Å². The second-order valence-electron chi connectivity index (χ2n) is 8.86. The summed E-state index contributed by atoms with van der Waals surface area (Å²) in [5, 5.41) is 5.49. The molecule has 2 aromatic rings. The van der Waals surface area contributed by atoms with Crippen LogP contribution in [-0.4, -0.2) is 88.7 Å². The van der Waals surface area contributed by atoms with Crippen molar-refractivity contribution in [3.05, 3.63) is 48.0 Å². The summed E-state index contributed by atoms with van der Waals surface area (Å²) < 4.78 is 11.0. The van der Waals surface area contributed by atoms with Crippen LogP contribution in [0.5, 0.6) is 11.5 Å². The van der Waals surface area contributed by atoms with Crippen molar-refractivity contribution in [2.75, 3.05) is 77.3 Å². The molecule has 2 aromatic carbocycles. The van der Waals surface area contributed by atoms with E-state index >= 15 is 0 Å². The van der Waals surface area contributed by atoms with E-state index in [0.29, 0.717) is 36.9 Å². The van der Waals surface area contributed by atoms with Crippen LogP contribution in [0.2, 0.25) is 0 Å². The molecular weight excluding hydrogens is 434 g/mol. The van der Waals surface area contributed by atoms with Crippen molar-refractivity contribution in [1.82, 2.24) is 15.1 Å². The molecule has 9 nitrogen and oxygen atoms in total. The molecule has 1 fully saturated rings. The number of carbonyl (C=O) groups is 2. The number of anilines is 2. The highest BCUT2D eigenvalue weighted by Crippen LogP contribution is 2.32. The van der Waals surface area contributed by atoms with Crippen molar-refractivity contribution in [3.63, 3.8) is 0 Å². The SMILES string of the molecule is CN1CCN([C@H](CNC(=O)C(=O)Nc2ccc3c(c2)OCCO3)c2ccc(N(C)C)cc2)CC1. The van der Waals surface area contributed by atoms with Gasteiger partial charge in [0.15, 0.2) is 11.5 Å². The van der Waals surface area contributed by atoms with Crippen LogP contribution in [0.4, 0.5) is 11.4 Å². The van der Waals surface area contributed by atoms with Crippen LogP contribution in [0.25, 0.3) is 0 Å². The van der Waals surface area contributed by atoms with E-state index < -0.39 is 11.8 Å². The fourth-order valence-corrected chi connectivity index (χ4v) is 4.16. The molecule has 0 aromatic heterocycles. The number of likely N-dealkylation sites (N-methyl/N-ethyl adjacent to an activating group) is 1. The molecule has 2 aliphatic rings. The average molecular weight is 468 g/mol. The fraction of sp³-hybridized carbons (Fsp3) is 0.440. The Labute approximate surface area is 200 Å². The van der Waals surface area contributed by atoms with Gasteiger partial charge >= 0.3 is 11.8 Å². The predicted octanol–water partition coefficient (Wildman–Crippen LogP) is 1.57. The van der Waals surface area contributed by atoms with Gasteiger partial charge in [-0.3, -0.25) is 14.5 Å². The molecule has 0 aliphatic carbocycles. The van der Waals surface area contributed by atoms with Gasteiger partial charge in [-0.1, -0.05) is 12.1 Å². The number of ether oxygens (including phenoxy) is 2. The summed E-state index contributed by atoms with van der Waals surface area (Å²) in [5.74, 6) is -0.194. The lowest BCUT2D eigenvalue weighted by Gasteiger charge is -2.38. The van der Waals surface area contributed by atoms with Gasteiger partial charge in [0, 0.05) is 64.3 Å². The van der Waals surface area contributed by atoms with E-state index in [-0.39, 0.29) is 6.04 Å². The van der Waals surface area contributed by atoms with Gasteiger partial charge in [0.1, 0.15) is 13.2 Å². The molecule has 2 amide bonds. The number of amides is 2. The molecule has 2 N–H and O–H groups in total. The van der Waals surface area contributed by atoms with E-state index in [9.17, 15) is 9.59 Å². The van der Waals surface area contributed by atoms with E-state index in [1.165, 1.54) is 0 Å². The van der Waals surface area contributed by atoms with Gasteiger partial charge in [0.2, 0.25) is 0 Å². The lowest BCUT2D eigenvalue weighted by Crippen LogP contribution is -2.49. The zero-order valence-electron chi connectivity index (χ0n) is 20.0.